The van der Waals surface area contributed by atoms with Gasteiger partial charge in [0.05, 0.1) is 11.9 Å². The van der Waals surface area contributed by atoms with Gasteiger partial charge in [0.1, 0.15) is 5.82 Å². The van der Waals surface area contributed by atoms with Crippen LogP contribution in [-0.2, 0) is 4.79 Å². The molecule has 3 amide bonds. The van der Waals surface area contributed by atoms with E-state index in [4.69, 9.17) is 0 Å². The Morgan fingerprint density at radius 1 is 0.741 bits per heavy atom. The second-order valence-corrected chi connectivity index (χ2v) is 5.76. The van der Waals surface area contributed by atoms with Gasteiger partial charge in [-0.2, -0.15) is 0 Å². The number of para-hydroxylation sites is 1. The topological polar surface area (TPSA) is 95.2 Å². The standard InChI is InChI=1S/C20H19N5O2/c1-14(26)22-16-8-5-9-17(12-16)23-18-10-11-19(21-13-18)25-20(27)24-15-6-3-2-4-7-15/h2-13,23H,1H3,(H,22,26)(H2,21,24,25,27). The summed E-state index contributed by atoms with van der Waals surface area (Å²) in [4.78, 5) is 27.3. The second kappa shape index (κ2) is 8.48. The molecule has 2 aromatic carbocycles. The first-order valence-electron chi connectivity index (χ1n) is 8.32. The number of hydrogen-bond acceptors (Lipinski definition) is 4. The van der Waals surface area contributed by atoms with Crippen molar-refractivity contribution >= 4 is 40.5 Å². The first-order chi connectivity index (χ1) is 13.1. The minimum Gasteiger partial charge on any atom is -0.354 e. The number of amides is 3. The number of nitrogens with zero attached hydrogens (tertiary/aromatic N) is 1. The zero-order chi connectivity index (χ0) is 19.1. The van der Waals surface area contributed by atoms with Gasteiger partial charge in [0.25, 0.3) is 0 Å². The van der Waals surface area contributed by atoms with Crippen LogP contribution in [0.2, 0.25) is 0 Å². The van der Waals surface area contributed by atoms with Gasteiger partial charge in [-0.3, -0.25) is 10.1 Å². The van der Waals surface area contributed by atoms with Gasteiger partial charge in [-0.05, 0) is 42.5 Å². The first kappa shape index (κ1) is 17.9. The SMILES string of the molecule is CC(=O)Nc1cccc(Nc2ccc(NC(=O)Nc3ccccc3)nc2)c1. The molecule has 0 saturated heterocycles. The van der Waals surface area contributed by atoms with Crippen LogP contribution in [0.1, 0.15) is 6.92 Å². The van der Waals surface area contributed by atoms with Crippen LogP contribution in [0.15, 0.2) is 72.9 Å². The lowest BCUT2D eigenvalue weighted by Gasteiger charge is -2.10. The van der Waals surface area contributed by atoms with Crippen LogP contribution in [0.4, 0.5) is 33.4 Å². The van der Waals surface area contributed by atoms with Crippen LogP contribution >= 0.6 is 0 Å². The van der Waals surface area contributed by atoms with Crippen molar-refractivity contribution in [3.05, 3.63) is 72.9 Å². The summed E-state index contributed by atoms with van der Waals surface area (Å²) in [5.74, 6) is 0.305. The van der Waals surface area contributed by atoms with E-state index in [1.807, 2.05) is 42.5 Å². The molecule has 1 aromatic heterocycles. The predicted molar refractivity (Wildman–Crippen MR) is 107 cm³/mol. The quantitative estimate of drug-likeness (QED) is 0.541. The van der Waals surface area contributed by atoms with Crippen LogP contribution < -0.4 is 21.3 Å². The number of carbonyl (C=O) groups is 2. The summed E-state index contributed by atoms with van der Waals surface area (Å²) in [5, 5.41) is 11.3. The Morgan fingerprint density at radius 2 is 1.48 bits per heavy atom. The molecule has 136 valence electrons. The molecule has 0 saturated carbocycles. The maximum absolute atomic E-state index is 12.0. The van der Waals surface area contributed by atoms with Gasteiger partial charge in [-0.1, -0.05) is 24.3 Å². The third kappa shape index (κ3) is 5.57. The van der Waals surface area contributed by atoms with Crippen LogP contribution in [0.25, 0.3) is 0 Å². The van der Waals surface area contributed by atoms with Gasteiger partial charge in [-0.15, -0.1) is 0 Å². The third-order valence-electron chi connectivity index (χ3n) is 3.51. The molecule has 27 heavy (non-hydrogen) atoms. The molecule has 0 spiro atoms. The Morgan fingerprint density at radius 3 is 2.19 bits per heavy atom. The normalized spacial score (nSPS) is 9.96. The first-order valence-corrected chi connectivity index (χ1v) is 8.32. The molecule has 0 aliphatic heterocycles. The molecule has 0 unspecified atom stereocenters. The highest BCUT2D eigenvalue weighted by Gasteiger charge is 2.04. The summed E-state index contributed by atoms with van der Waals surface area (Å²) in [6, 6.07) is 19.6. The molecule has 4 N–H and O–H groups in total. The molecule has 0 atom stereocenters. The fraction of sp³-hybridized carbons (Fsp3) is 0.0500. The number of aromatic nitrogens is 1. The summed E-state index contributed by atoms with van der Waals surface area (Å²) < 4.78 is 0. The highest BCUT2D eigenvalue weighted by atomic mass is 16.2. The van der Waals surface area contributed by atoms with Gasteiger partial charge in [0.2, 0.25) is 5.91 Å². The molecule has 0 aliphatic carbocycles. The Kier molecular flexibility index (Phi) is 5.64. The van der Waals surface area contributed by atoms with E-state index in [2.05, 4.69) is 26.3 Å². The zero-order valence-electron chi connectivity index (χ0n) is 14.7. The van der Waals surface area contributed by atoms with Crippen LogP contribution in [0, 0.1) is 0 Å². The van der Waals surface area contributed by atoms with Crippen LogP contribution in [0.3, 0.4) is 0 Å². The van der Waals surface area contributed by atoms with E-state index in [1.54, 1.807) is 30.5 Å². The van der Waals surface area contributed by atoms with E-state index in [1.165, 1.54) is 6.92 Å². The Bertz CT molecular complexity index is 927. The van der Waals surface area contributed by atoms with E-state index in [-0.39, 0.29) is 11.9 Å². The van der Waals surface area contributed by atoms with Crippen molar-refractivity contribution in [1.82, 2.24) is 4.98 Å². The maximum atomic E-state index is 12.0. The lowest BCUT2D eigenvalue weighted by atomic mass is 10.2. The molecular formula is C20H19N5O2. The second-order valence-electron chi connectivity index (χ2n) is 5.76. The van der Waals surface area contributed by atoms with Gasteiger partial charge in [0.15, 0.2) is 0 Å². The van der Waals surface area contributed by atoms with Gasteiger partial charge < -0.3 is 16.0 Å². The van der Waals surface area contributed by atoms with Crippen molar-refractivity contribution in [3.8, 4) is 0 Å². The number of anilines is 5. The smallest absolute Gasteiger partial charge is 0.324 e. The molecule has 7 nitrogen and oxygen atoms in total. The fourth-order valence-corrected chi connectivity index (χ4v) is 2.39. The van der Waals surface area contributed by atoms with Gasteiger partial charge in [-0.25, -0.2) is 9.78 Å². The average molecular weight is 361 g/mol. The molecule has 1 heterocycles. The molecule has 0 bridgehead atoms. The number of pyridine rings is 1. The molecular weight excluding hydrogens is 342 g/mol. The molecule has 0 radical (unpaired) electrons. The van der Waals surface area contributed by atoms with Crippen molar-refractivity contribution < 1.29 is 9.59 Å². The molecule has 3 rings (SSSR count). The van der Waals surface area contributed by atoms with Crippen molar-refractivity contribution in [2.24, 2.45) is 0 Å². The Balaban J connectivity index is 1.58. The number of carbonyl (C=O) groups excluding carboxylic acids is 2. The Hall–Kier alpha value is -3.87. The van der Waals surface area contributed by atoms with E-state index < -0.39 is 0 Å². The maximum Gasteiger partial charge on any atom is 0.324 e. The number of urea groups is 1. The summed E-state index contributed by atoms with van der Waals surface area (Å²) in [7, 11) is 0. The number of rotatable bonds is 5. The molecule has 0 aliphatic rings. The highest BCUT2D eigenvalue weighted by molar-refractivity contribution is 5.99. The molecule has 0 fully saturated rings. The van der Waals surface area contributed by atoms with E-state index >= 15 is 0 Å². The lowest BCUT2D eigenvalue weighted by molar-refractivity contribution is -0.114. The molecule has 7 heteroatoms. The summed E-state index contributed by atoms with van der Waals surface area (Å²) in [6.45, 7) is 1.46. The van der Waals surface area contributed by atoms with Crippen molar-refractivity contribution in [1.29, 1.82) is 0 Å². The van der Waals surface area contributed by atoms with Gasteiger partial charge in [0, 0.05) is 24.0 Å². The number of nitrogens with one attached hydrogen (secondary N) is 4. The fourth-order valence-electron chi connectivity index (χ4n) is 2.39. The van der Waals surface area contributed by atoms with E-state index in [0.29, 0.717) is 17.2 Å². The van der Waals surface area contributed by atoms with E-state index in [0.717, 1.165) is 11.4 Å². The van der Waals surface area contributed by atoms with Crippen molar-refractivity contribution in [2.45, 2.75) is 6.92 Å². The zero-order valence-corrected chi connectivity index (χ0v) is 14.7. The summed E-state index contributed by atoms with van der Waals surface area (Å²) in [6.07, 6.45) is 1.61. The van der Waals surface area contributed by atoms with E-state index in [9.17, 15) is 9.59 Å². The largest absolute Gasteiger partial charge is 0.354 e. The highest BCUT2D eigenvalue weighted by Crippen LogP contribution is 2.20. The number of hydrogen-bond donors (Lipinski definition) is 4. The predicted octanol–water partition coefficient (Wildman–Crippen LogP) is 4.43. The Labute approximate surface area is 156 Å². The van der Waals surface area contributed by atoms with Crippen molar-refractivity contribution in [2.75, 3.05) is 21.3 Å². The molecule has 3 aromatic rings. The summed E-state index contributed by atoms with van der Waals surface area (Å²) in [5.41, 5.74) is 2.97. The summed E-state index contributed by atoms with van der Waals surface area (Å²) >= 11 is 0. The number of benzene rings is 2. The average Bonchev–Trinajstić information content (AvgIpc) is 2.64. The minimum absolute atomic E-state index is 0.127. The van der Waals surface area contributed by atoms with Crippen LogP contribution in [0.5, 0.6) is 0 Å². The third-order valence-corrected chi connectivity index (χ3v) is 3.51. The monoisotopic (exact) mass is 361 g/mol. The van der Waals surface area contributed by atoms with Crippen LogP contribution in [-0.4, -0.2) is 16.9 Å². The lowest BCUT2D eigenvalue weighted by Crippen LogP contribution is -2.19. The van der Waals surface area contributed by atoms with Gasteiger partial charge >= 0.3 is 6.03 Å². The van der Waals surface area contributed by atoms with Crippen molar-refractivity contribution in [3.63, 3.8) is 0 Å². The minimum atomic E-state index is -0.364.